The van der Waals surface area contributed by atoms with Crippen LogP contribution in [-0.2, 0) is 9.53 Å². The number of aromatic carboxylic acids is 1. The molecule has 1 aromatic heterocycles. The highest BCUT2D eigenvalue weighted by atomic mass is 16.5. The van der Waals surface area contributed by atoms with Crippen molar-refractivity contribution in [2.24, 2.45) is 0 Å². The number of amides is 1. The Hall–Kier alpha value is -2.35. The molecule has 0 aromatic carbocycles. The van der Waals surface area contributed by atoms with E-state index in [2.05, 4.69) is 15.6 Å². The van der Waals surface area contributed by atoms with Crippen molar-refractivity contribution >= 4 is 23.4 Å². The Balaban J connectivity index is 2.44. The average Bonchev–Trinajstić information content (AvgIpc) is 2.40. The third-order valence-corrected chi connectivity index (χ3v) is 2.49. The van der Waals surface area contributed by atoms with Gasteiger partial charge in [-0.2, -0.15) is 0 Å². The van der Waals surface area contributed by atoms with E-state index < -0.39 is 5.97 Å². The molecule has 1 rings (SSSR count). The molecule has 0 saturated heterocycles. The van der Waals surface area contributed by atoms with Crippen LogP contribution in [-0.4, -0.2) is 48.8 Å². The Morgan fingerprint density at radius 1 is 1.45 bits per heavy atom. The second kappa shape index (κ2) is 7.95. The summed E-state index contributed by atoms with van der Waals surface area (Å²) in [6.07, 6.45) is 1.57. The summed E-state index contributed by atoms with van der Waals surface area (Å²) in [7, 11) is 1.55. The van der Waals surface area contributed by atoms with Gasteiger partial charge in [0, 0.05) is 32.8 Å². The van der Waals surface area contributed by atoms with Gasteiger partial charge in [-0.25, -0.2) is 9.78 Å². The van der Waals surface area contributed by atoms with Crippen LogP contribution in [0.1, 0.15) is 16.8 Å². The number of methoxy groups -OCH3 is 1. The molecule has 8 heteroatoms. The summed E-state index contributed by atoms with van der Waals surface area (Å²) in [6.45, 7) is 1.21. The van der Waals surface area contributed by atoms with Crippen molar-refractivity contribution in [3.8, 4) is 0 Å². The van der Waals surface area contributed by atoms with Crippen LogP contribution in [0.25, 0.3) is 0 Å². The van der Waals surface area contributed by atoms with Crippen molar-refractivity contribution in [1.29, 1.82) is 0 Å². The fraction of sp³-hybridized carbons (Fsp3) is 0.417. The monoisotopic (exact) mass is 282 g/mol. The van der Waals surface area contributed by atoms with Crippen LogP contribution in [0.3, 0.4) is 0 Å². The van der Waals surface area contributed by atoms with E-state index in [4.69, 9.17) is 15.6 Å². The number of nitrogens with one attached hydrogen (secondary N) is 2. The van der Waals surface area contributed by atoms with E-state index >= 15 is 0 Å². The van der Waals surface area contributed by atoms with E-state index in [-0.39, 0.29) is 29.4 Å². The highest BCUT2D eigenvalue weighted by molar-refractivity contribution is 5.96. The minimum atomic E-state index is -1.12. The normalized spacial score (nSPS) is 10.1. The van der Waals surface area contributed by atoms with Gasteiger partial charge in [-0.3, -0.25) is 4.79 Å². The topological polar surface area (TPSA) is 127 Å². The number of hydrogen-bond donors (Lipinski definition) is 4. The molecular weight excluding hydrogens is 264 g/mol. The molecule has 8 nitrogen and oxygen atoms in total. The molecule has 0 fully saturated rings. The number of hydrogen-bond acceptors (Lipinski definition) is 6. The zero-order valence-corrected chi connectivity index (χ0v) is 11.2. The summed E-state index contributed by atoms with van der Waals surface area (Å²) in [5, 5.41) is 14.4. The fourth-order valence-electron chi connectivity index (χ4n) is 1.48. The van der Waals surface area contributed by atoms with E-state index in [1.807, 2.05) is 0 Å². The maximum atomic E-state index is 11.4. The number of rotatable bonds is 8. The lowest BCUT2D eigenvalue weighted by atomic mass is 10.2. The minimum Gasteiger partial charge on any atom is -0.478 e. The fourth-order valence-corrected chi connectivity index (χ4v) is 1.48. The number of carbonyl (C=O) groups is 2. The average molecular weight is 282 g/mol. The second-order valence-electron chi connectivity index (χ2n) is 3.95. The molecule has 0 radical (unpaired) electrons. The zero-order chi connectivity index (χ0) is 15.0. The van der Waals surface area contributed by atoms with Gasteiger partial charge in [-0.15, -0.1) is 0 Å². The van der Waals surface area contributed by atoms with Crippen LogP contribution in [0, 0.1) is 0 Å². The van der Waals surface area contributed by atoms with Gasteiger partial charge in [0.25, 0.3) is 0 Å². The van der Waals surface area contributed by atoms with Crippen molar-refractivity contribution in [1.82, 2.24) is 10.3 Å². The van der Waals surface area contributed by atoms with Gasteiger partial charge >= 0.3 is 5.97 Å². The first kappa shape index (κ1) is 15.7. The first-order valence-corrected chi connectivity index (χ1v) is 6.03. The molecule has 0 bridgehead atoms. The predicted molar refractivity (Wildman–Crippen MR) is 73.6 cm³/mol. The highest BCUT2D eigenvalue weighted by Crippen LogP contribution is 2.19. The van der Waals surface area contributed by atoms with Crippen molar-refractivity contribution in [2.75, 3.05) is 37.9 Å². The Labute approximate surface area is 116 Å². The molecule has 110 valence electrons. The molecule has 1 heterocycles. The molecule has 0 aliphatic heterocycles. The van der Waals surface area contributed by atoms with Crippen LogP contribution in [0.2, 0.25) is 0 Å². The Morgan fingerprint density at radius 2 is 2.20 bits per heavy atom. The lowest BCUT2D eigenvalue weighted by Gasteiger charge is -2.10. The molecule has 1 aromatic rings. The molecule has 0 unspecified atom stereocenters. The zero-order valence-electron chi connectivity index (χ0n) is 11.2. The lowest BCUT2D eigenvalue weighted by Crippen LogP contribution is -2.28. The largest absolute Gasteiger partial charge is 0.478 e. The van der Waals surface area contributed by atoms with E-state index in [1.165, 1.54) is 12.3 Å². The summed E-state index contributed by atoms with van der Waals surface area (Å²) in [4.78, 5) is 26.2. The number of nitrogens with two attached hydrogens (primary N) is 1. The second-order valence-corrected chi connectivity index (χ2v) is 3.95. The minimum absolute atomic E-state index is 0.0213. The highest BCUT2D eigenvalue weighted by Gasteiger charge is 2.12. The molecular formula is C12H18N4O4. The predicted octanol–water partition coefficient (Wildman–Crippen LogP) is -0.0734. The number of pyridine rings is 1. The smallest absolute Gasteiger partial charge is 0.337 e. The third-order valence-electron chi connectivity index (χ3n) is 2.49. The quantitative estimate of drug-likeness (QED) is 0.491. The molecule has 0 aliphatic rings. The molecule has 5 N–H and O–H groups in total. The maximum Gasteiger partial charge on any atom is 0.337 e. The van der Waals surface area contributed by atoms with Crippen LogP contribution in [0.5, 0.6) is 0 Å². The summed E-state index contributed by atoms with van der Waals surface area (Å²) in [5.41, 5.74) is 5.71. The molecule has 1 amide bonds. The Morgan fingerprint density at radius 3 is 2.85 bits per heavy atom. The Bertz CT molecular complexity index is 479. The molecule has 0 atom stereocenters. The van der Waals surface area contributed by atoms with E-state index in [0.717, 1.165) is 0 Å². The standard InChI is InChI=1S/C12H18N4O4/c1-20-7-6-14-9(17)3-5-16-11-10(13)8(12(18)19)2-4-15-11/h2,4H,3,5-7,13H2,1H3,(H,14,17)(H,15,16)(H,18,19). The first-order chi connectivity index (χ1) is 9.56. The van der Waals surface area contributed by atoms with E-state index in [9.17, 15) is 9.59 Å². The first-order valence-electron chi connectivity index (χ1n) is 6.03. The molecule has 0 aliphatic carbocycles. The molecule has 0 saturated carbocycles. The number of anilines is 2. The van der Waals surface area contributed by atoms with Crippen LogP contribution in [0.15, 0.2) is 12.3 Å². The van der Waals surface area contributed by atoms with Crippen LogP contribution < -0.4 is 16.4 Å². The SMILES string of the molecule is COCCNC(=O)CCNc1nccc(C(=O)O)c1N. The number of aromatic nitrogens is 1. The van der Waals surface area contributed by atoms with Gasteiger partial charge in [0.2, 0.25) is 5.91 Å². The van der Waals surface area contributed by atoms with Gasteiger partial charge in [0.1, 0.15) is 5.82 Å². The van der Waals surface area contributed by atoms with Crippen molar-refractivity contribution in [2.45, 2.75) is 6.42 Å². The summed E-state index contributed by atoms with van der Waals surface area (Å²) < 4.78 is 4.80. The summed E-state index contributed by atoms with van der Waals surface area (Å²) in [6, 6.07) is 1.32. The molecule has 0 spiro atoms. The Kier molecular flexibility index (Phi) is 6.24. The van der Waals surface area contributed by atoms with Crippen molar-refractivity contribution in [3.63, 3.8) is 0 Å². The van der Waals surface area contributed by atoms with Gasteiger partial charge < -0.3 is 26.2 Å². The van der Waals surface area contributed by atoms with Crippen LogP contribution >= 0.6 is 0 Å². The van der Waals surface area contributed by atoms with Crippen LogP contribution in [0.4, 0.5) is 11.5 Å². The number of carbonyl (C=O) groups excluding carboxylic acids is 1. The lowest BCUT2D eigenvalue weighted by molar-refractivity contribution is -0.121. The van der Waals surface area contributed by atoms with Crippen molar-refractivity contribution < 1.29 is 19.4 Å². The third kappa shape index (κ3) is 4.73. The number of carboxylic acid groups (broad SMARTS) is 1. The number of nitrogen functional groups attached to an aromatic ring is 1. The van der Waals surface area contributed by atoms with Gasteiger partial charge in [0.15, 0.2) is 0 Å². The van der Waals surface area contributed by atoms with Gasteiger partial charge in [-0.05, 0) is 6.07 Å². The molecule has 20 heavy (non-hydrogen) atoms. The maximum absolute atomic E-state index is 11.4. The van der Waals surface area contributed by atoms with Crippen molar-refractivity contribution in [3.05, 3.63) is 17.8 Å². The number of nitrogens with zero attached hydrogens (tertiary/aromatic N) is 1. The number of ether oxygens (including phenoxy) is 1. The van der Waals surface area contributed by atoms with Gasteiger partial charge in [0.05, 0.1) is 17.9 Å². The van der Waals surface area contributed by atoms with E-state index in [1.54, 1.807) is 7.11 Å². The van der Waals surface area contributed by atoms with Gasteiger partial charge in [-0.1, -0.05) is 0 Å². The summed E-state index contributed by atoms with van der Waals surface area (Å²) in [5.74, 6) is -0.998. The number of carboxylic acids is 1. The van der Waals surface area contributed by atoms with E-state index in [0.29, 0.717) is 19.7 Å². The summed E-state index contributed by atoms with van der Waals surface area (Å²) >= 11 is 0.